The van der Waals surface area contributed by atoms with E-state index in [-0.39, 0.29) is 24.0 Å². The van der Waals surface area contributed by atoms with Crippen LogP contribution in [0.4, 0.5) is 0 Å². The van der Waals surface area contributed by atoms with Gasteiger partial charge in [0.2, 0.25) is 10.0 Å². The van der Waals surface area contributed by atoms with E-state index in [0.29, 0.717) is 12.6 Å². The van der Waals surface area contributed by atoms with Crippen molar-refractivity contribution in [2.45, 2.75) is 76.9 Å². The van der Waals surface area contributed by atoms with Gasteiger partial charge in [-0.3, -0.25) is 4.99 Å². The first-order valence-corrected chi connectivity index (χ1v) is 11.9. The lowest BCUT2D eigenvalue weighted by atomic mass is 10.0. The fourth-order valence-electron chi connectivity index (χ4n) is 4.00. The van der Waals surface area contributed by atoms with Gasteiger partial charge in [0.05, 0.1) is 12.8 Å². The second-order valence-electron chi connectivity index (χ2n) is 8.35. The number of nitrogens with one attached hydrogen (secondary N) is 3. The van der Waals surface area contributed by atoms with E-state index in [1.807, 2.05) is 20.8 Å². The number of hydrogen-bond acceptors (Lipinski definition) is 4. The Balaban J connectivity index is 0.00000364. The van der Waals surface area contributed by atoms with Crippen molar-refractivity contribution in [3.05, 3.63) is 0 Å². The maximum Gasteiger partial charge on any atom is 0.209 e. The van der Waals surface area contributed by atoms with Gasteiger partial charge >= 0.3 is 0 Å². The van der Waals surface area contributed by atoms with Crippen molar-refractivity contribution in [2.24, 2.45) is 4.99 Å². The van der Waals surface area contributed by atoms with Gasteiger partial charge < -0.3 is 15.5 Å². The molecule has 0 amide bonds. The topological polar surface area (TPSA) is 85.8 Å². The molecule has 27 heavy (non-hydrogen) atoms. The molecule has 2 aliphatic rings. The van der Waals surface area contributed by atoms with Crippen molar-refractivity contribution in [2.75, 3.05) is 32.4 Å². The summed E-state index contributed by atoms with van der Waals surface area (Å²) in [4.78, 5) is 7.27. The minimum atomic E-state index is -3.25. The third-order valence-electron chi connectivity index (χ3n) is 5.15. The molecule has 0 aromatic carbocycles. The normalized spacial score (nSPS) is 21.1. The molecule has 1 aliphatic carbocycles. The number of sulfonamides is 1. The van der Waals surface area contributed by atoms with Crippen LogP contribution < -0.4 is 15.4 Å². The van der Waals surface area contributed by atoms with Crippen LogP contribution in [-0.4, -0.2) is 69.3 Å². The Labute approximate surface area is 182 Å². The molecular weight excluding hydrogens is 477 g/mol. The summed E-state index contributed by atoms with van der Waals surface area (Å²) in [7, 11) is -3.25. The van der Waals surface area contributed by atoms with Gasteiger partial charge in [-0.05, 0) is 46.5 Å². The predicted molar refractivity (Wildman–Crippen MR) is 123 cm³/mol. The van der Waals surface area contributed by atoms with Gasteiger partial charge in [0.1, 0.15) is 0 Å². The lowest BCUT2D eigenvalue weighted by Gasteiger charge is -2.36. The summed E-state index contributed by atoms with van der Waals surface area (Å²) >= 11 is 0. The second kappa shape index (κ2) is 11.2. The molecule has 0 unspecified atom stereocenters. The Hall–Kier alpha value is -0.130. The van der Waals surface area contributed by atoms with E-state index in [0.717, 1.165) is 44.5 Å². The van der Waals surface area contributed by atoms with Crippen molar-refractivity contribution in [1.82, 2.24) is 20.3 Å². The third kappa shape index (κ3) is 9.27. The van der Waals surface area contributed by atoms with Crippen LogP contribution in [0.3, 0.4) is 0 Å². The van der Waals surface area contributed by atoms with E-state index in [1.54, 1.807) is 0 Å². The summed E-state index contributed by atoms with van der Waals surface area (Å²) in [6.45, 7) is 9.22. The van der Waals surface area contributed by atoms with Crippen LogP contribution in [0, 0.1) is 0 Å². The van der Waals surface area contributed by atoms with Crippen LogP contribution in [0.1, 0.15) is 59.3 Å². The first-order valence-electron chi connectivity index (χ1n) is 9.96. The van der Waals surface area contributed by atoms with Crippen LogP contribution in [-0.2, 0) is 10.0 Å². The Morgan fingerprint density at radius 3 is 2.26 bits per heavy atom. The van der Waals surface area contributed by atoms with Crippen molar-refractivity contribution in [3.63, 3.8) is 0 Å². The van der Waals surface area contributed by atoms with Gasteiger partial charge in [-0.1, -0.05) is 12.8 Å². The summed E-state index contributed by atoms with van der Waals surface area (Å²) in [5, 5.41) is 6.82. The SMILES string of the molecule is CCNC(=NCC(C)(C)NS(C)(=O)=O)NC1CCN(C2CCCC2)CC1.I. The third-order valence-corrected chi connectivity index (χ3v) is 6.07. The minimum absolute atomic E-state index is 0. The summed E-state index contributed by atoms with van der Waals surface area (Å²) in [6.07, 6.45) is 8.95. The minimum Gasteiger partial charge on any atom is -0.357 e. The van der Waals surface area contributed by atoms with E-state index in [9.17, 15) is 8.42 Å². The maximum atomic E-state index is 11.5. The lowest BCUT2D eigenvalue weighted by molar-refractivity contribution is 0.150. The Morgan fingerprint density at radius 2 is 1.74 bits per heavy atom. The van der Waals surface area contributed by atoms with Crippen LogP contribution in [0.15, 0.2) is 4.99 Å². The molecule has 0 atom stereocenters. The van der Waals surface area contributed by atoms with E-state index >= 15 is 0 Å². The van der Waals surface area contributed by atoms with Gasteiger partial charge in [-0.2, -0.15) is 0 Å². The zero-order valence-electron chi connectivity index (χ0n) is 17.3. The molecule has 0 aromatic heterocycles. The van der Waals surface area contributed by atoms with Gasteiger partial charge in [0.15, 0.2) is 5.96 Å². The molecule has 7 nitrogen and oxygen atoms in total. The highest BCUT2D eigenvalue weighted by Crippen LogP contribution is 2.26. The standard InChI is InChI=1S/C18H37N5O2S.HI/c1-5-19-17(20-14-18(2,3)22-26(4,24)25)21-15-10-12-23(13-11-15)16-8-6-7-9-16;/h15-16,22H,5-14H2,1-4H3,(H2,19,20,21);1H. The molecule has 1 saturated heterocycles. The molecule has 0 spiro atoms. The number of aliphatic imine (C=N–C) groups is 1. The van der Waals surface area contributed by atoms with Crippen molar-refractivity contribution in [1.29, 1.82) is 0 Å². The molecule has 1 heterocycles. The first kappa shape index (κ1) is 24.9. The van der Waals surface area contributed by atoms with Crippen LogP contribution in [0.5, 0.6) is 0 Å². The van der Waals surface area contributed by atoms with E-state index in [2.05, 4.69) is 25.2 Å². The van der Waals surface area contributed by atoms with Gasteiger partial charge in [0, 0.05) is 37.3 Å². The fraction of sp³-hybridized carbons (Fsp3) is 0.944. The number of nitrogens with zero attached hydrogens (tertiary/aromatic N) is 2. The highest BCUT2D eigenvalue weighted by Gasteiger charge is 2.27. The molecule has 2 fully saturated rings. The smallest absolute Gasteiger partial charge is 0.209 e. The summed E-state index contributed by atoms with van der Waals surface area (Å²) in [5.41, 5.74) is -0.609. The van der Waals surface area contributed by atoms with Crippen LogP contribution >= 0.6 is 24.0 Å². The molecule has 0 aromatic rings. The average molecular weight is 516 g/mol. The molecule has 3 N–H and O–H groups in total. The van der Waals surface area contributed by atoms with Gasteiger partial charge in [0.25, 0.3) is 0 Å². The zero-order valence-corrected chi connectivity index (χ0v) is 20.4. The Bertz CT molecular complexity index is 568. The monoisotopic (exact) mass is 515 g/mol. The molecule has 160 valence electrons. The van der Waals surface area contributed by atoms with Crippen molar-refractivity contribution in [3.8, 4) is 0 Å². The second-order valence-corrected chi connectivity index (χ2v) is 10.1. The highest BCUT2D eigenvalue weighted by atomic mass is 127. The molecule has 9 heteroatoms. The summed E-state index contributed by atoms with van der Waals surface area (Å²) in [5.74, 6) is 0.773. The predicted octanol–water partition coefficient (Wildman–Crippen LogP) is 1.89. The fourth-order valence-corrected chi connectivity index (χ4v) is 5.07. The molecule has 0 bridgehead atoms. The van der Waals surface area contributed by atoms with Gasteiger partial charge in [-0.15, -0.1) is 24.0 Å². The number of piperidine rings is 1. The zero-order chi connectivity index (χ0) is 19.2. The molecule has 2 rings (SSSR count). The lowest BCUT2D eigenvalue weighted by Crippen LogP contribution is -2.51. The first-order chi connectivity index (χ1) is 12.2. The van der Waals surface area contributed by atoms with Crippen LogP contribution in [0.25, 0.3) is 0 Å². The number of hydrogen-bond donors (Lipinski definition) is 3. The summed E-state index contributed by atoms with van der Waals surface area (Å²) < 4.78 is 25.6. The van der Waals surface area contributed by atoms with E-state index in [1.165, 1.54) is 31.9 Å². The molecule has 0 radical (unpaired) electrons. The molecule has 1 saturated carbocycles. The van der Waals surface area contributed by atoms with Crippen LogP contribution in [0.2, 0.25) is 0 Å². The van der Waals surface area contributed by atoms with Crippen molar-refractivity contribution < 1.29 is 8.42 Å². The number of likely N-dealkylation sites (tertiary alicyclic amines) is 1. The molecular formula is C18H38IN5O2S. The largest absolute Gasteiger partial charge is 0.357 e. The van der Waals surface area contributed by atoms with E-state index in [4.69, 9.17) is 0 Å². The Kier molecular flexibility index (Phi) is 10.3. The number of guanidine groups is 1. The van der Waals surface area contributed by atoms with Gasteiger partial charge in [-0.25, -0.2) is 13.1 Å². The quantitative estimate of drug-likeness (QED) is 0.274. The Morgan fingerprint density at radius 1 is 1.15 bits per heavy atom. The average Bonchev–Trinajstić information content (AvgIpc) is 3.06. The highest BCUT2D eigenvalue weighted by molar-refractivity contribution is 14.0. The molecule has 1 aliphatic heterocycles. The maximum absolute atomic E-state index is 11.5. The van der Waals surface area contributed by atoms with E-state index < -0.39 is 15.6 Å². The summed E-state index contributed by atoms with van der Waals surface area (Å²) in [6, 6.07) is 1.23. The van der Waals surface area contributed by atoms with Crippen molar-refractivity contribution >= 4 is 40.0 Å². The number of rotatable bonds is 7. The number of halogens is 1.